The van der Waals surface area contributed by atoms with Gasteiger partial charge in [-0.05, 0) is 43.2 Å². The number of benzene rings is 2. The summed E-state index contributed by atoms with van der Waals surface area (Å²) in [5.41, 5.74) is 2.69. The highest BCUT2D eigenvalue weighted by Crippen LogP contribution is 2.34. The van der Waals surface area contributed by atoms with Gasteiger partial charge in [0.2, 0.25) is 5.95 Å². The molecule has 0 spiro atoms. The van der Waals surface area contributed by atoms with E-state index in [4.69, 9.17) is 4.74 Å². The molecular weight excluding hydrogens is 388 g/mol. The van der Waals surface area contributed by atoms with Crippen molar-refractivity contribution >= 4 is 22.5 Å². The SMILES string of the molecule is COc1c(C(=O)CN2CC3CN(c4nc(C)cc(C)n4)CC3C2)ccc2ccccc12. The number of hydrogen-bond donors (Lipinski definition) is 0. The minimum absolute atomic E-state index is 0.122. The van der Waals surface area contributed by atoms with Crippen molar-refractivity contribution in [1.82, 2.24) is 14.9 Å². The van der Waals surface area contributed by atoms with Crippen LogP contribution in [-0.2, 0) is 0 Å². The third-order valence-electron chi connectivity index (χ3n) is 6.57. The van der Waals surface area contributed by atoms with Crippen LogP contribution in [0.15, 0.2) is 42.5 Å². The normalized spacial score (nSPS) is 20.9. The highest BCUT2D eigenvalue weighted by atomic mass is 16.5. The molecule has 31 heavy (non-hydrogen) atoms. The number of nitrogens with zero attached hydrogens (tertiary/aromatic N) is 4. The van der Waals surface area contributed by atoms with Gasteiger partial charge in [0.05, 0.1) is 19.2 Å². The van der Waals surface area contributed by atoms with E-state index in [1.54, 1.807) is 7.11 Å². The summed E-state index contributed by atoms with van der Waals surface area (Å²) in [7, 11) is 1.64. The molecule has 0 bridgehead atoms. The van der Waals surface area contributed by atoms with Crippen LogP contribution < -0.4 is 9.64 Å². The van der Waals surface area contributed by atoms with E-state index in [0.717, 1.165) is 54.3 Å². The zero-order valence-corrected chi connectivity index (χ0v) is 18.3. The second-order valence-corrected chi connectivity index (χ2v) is 8.86. The summed E-state index contributed by atoms with van der Waals surface area (Å²) in [6.45, 7) is 8.25. The molecule has 3 heterocycles. The van der Waals surface area contributed by atoms with E-state index in [0.29, 0.717) is 29.7 Å². The smallest absolute Gasteiger partial charge is 0.225 e. The van der Waals surface area contributed by atoms with Crippen molar-refractivity contribution in [1.29, 1.82) is 0 Å². The predicted octanol–water partition coefficient (Wildman–Crippen LogP) is 3.51. The van der Waals surface area contributed by atoms with Crippen LogP contribution in [0, 0.1) is 25.7 Å². The molecule has 1 aromatic heterocycles. The van der Waals surface area contributed by atoms with Crippen LogP contribution in [0.4, 0.5) is 5.95 Å². The van der Waals surface area contributed by atoms with Gasteiger partial charge in [0.1, 0.15) is 5.75 Å². The molecule has 6 nitrogen and oxygen atoms in total. The monoisotopic (exact) mass is 416 g/mol. The van der Waals surface area contributed by atoms with Crippen molar-refractivity contribution in [3.05, 3.63) is 59.4 Å². The molecule has 0 aliphatic carbocycles. The van der Waals surface area contributed by atoms with Crippen molar-refractivity contribution in [3.8, 4) is 5.75 Å². The first-order valence-corrected chi connectivity index (χ1v) is 10.9. The molecule has 2 aliphatic heterocycles. The number of carbonyl (C=O) groups is 1. The number of likely N-dealkylation sites (tertiary alicyclic amines) is 1. The van der Waals surface area contributed by atoms with Crippen molar-refractivity contribution in [2.24, 2.45) is 11.8 Å². The molecule has 2 aliphatic rings. The van der Waals surface area contributed by atoms with Crippen LogP contribution >= 0.6 is 0 Å². The predicted molar refractivity (Wildman–Crippen MR) is 122 cm³/mol. The Labute approximate surface area is 182 Å². The molecule has 5 rings (SSSR count). The number of ether oxygens (including phenoxy) is 1. The molecule has 6 heteroatoms. The van der Waals surface area contributed by atoms with Crippen LogP contribution in [0.1, 0.15) is 21.7 Å². The van der Waals surface area contributed by atoms with Crippen LogP contribution in [0.2, 0.25) is 0 Å². The fourth-order valence-corrected chi connectivity index (χ4v) is 5.20. The lowest BCUT2D eigenvalue weighted by Gasteiger charge is -2.22. The quantitative estimate of drug-likeness (QED) is 0.594. The van der Waals surface area contributed by atoms with E-state index in [9.17, 15) is 4.79 Å². The molecule has 3 aromatic rings. The Morgan fingerprint density at radius 1 is 1.00 bits per heavy atom. The lowest BCUT2D eigenvalue weighted by Crippen LogP contribution is -2.33. The van der Waals surface area contributed by atoms with Gasteiger partial charge in [-0.2, -0.15) is 0 Å². The van der Waals surface area contributed by atoms with E-state index in [1.807, 2.05) is 56.3 Å². The molecule has 2 unspecified atom stereocenters. The number of carbonyl (C=O) groups excluding carboxylic acids is 1. The fourth-order valence-electron chi connectivity index (χ4n) is 5.20. The highest BCUT2D eigenvalue weighted by molar-refractivity contribution is 6.05. The standard InChI is InChI=1S/C25H28N4O2/c1-16-10-17(2)27-25(26-16)29-13-19-11-28(12-20(19)14-29)15-23(30)22-9-8-18-6-4-5-7-21(18)24(22)31-3/h4-10,19-20H,11-15H2,1-3H3. The Morgan fingerprint density at radius 3 is 2.35 bits per heavy atom. The molecule has 2 saturated heterocycles. The van der Waals surface area contributed by atoms with Gasteiger partial charge in [0, 0.05) is 43.0 Å². The topological polar surface area (TPSA) is 58.6 Å². The number of aromatic nitrogens is 2. The Hall–Kier alpha value is -2.99. The van der Waals surface area contributed by atoms with Crippen LogP contribution in [0.5, 0.6) is 5.75 Å². The summed E-state index contributed by atoms with van der Waals surface area (Å²) >= 11 is 0. The Kier molecular flexibility index (Phi) is 5.10. The number of hydrogen-bond acceptors (Lipinski definition) is 6. The molecule has 0 saturated carbocycles. The van der Waals surface area contributed by atoms with Crippen molar-refractivity contribution in [3.63, 3.8) is 0 Å². The van der Waals surface area contributed by atoms with Crippen molar-refractivity contribution in [2.45, 2.75) is 13.8 Å². The Balaban J connectivity index is 1.27. The summed E-state index contributed by atoms with van der Waals surface area (Å²) in [6.07, 6.45) is 0. The van der Waals surface area contributed by atoms with Crippen LogP contribution in [0.3, 0.4) is 0 Å². The minimum Gasteiger partial charge on any atom is -0.495 e. The Morgan fingerprint density at radius 2 is 1.68 bits per heavy atom. The van der Waals surface area contributed by atoms with Gasteiger partial charge in [-0.25, -0.2) is 9.97 Å². The number of ketones is 1. The first kappa shape index (κ1) is 19.9. The van der Waals surface area contributed by atoms with E-state index >= 15 is 0 Å². The summed E-state index contributed by atoms with van der Waals surface area (Å²) in [5.74, 6) is 2.75. The summed E-state index contributed by atoms with van der Waals surface area (Å²) in [5, 5.41) is 2.07. The lowest BCUT2D eigenvalue weighted by molar-refractivity contribution is 0.0939. The number of aryl methyl sites for hydroxylation is 2. The fraction of sp³-hybridized carbons (Fsp3) is 0.400. The van der Waals surface area contributed by atoms with Gasteiger partial charge in [-0.1, -0.05) is 30.3 Å². The minimum atomic E-state index is 0.122. The second-order valence-electron chi connectivity index (χ2n) is 8.86. The maximum atomic E-state index is 13.2. The summed E-state index contributed by atoms with van der Waals surface area (Å²) < 4.78 is 5.64. The third-order valence-corrected chi connectivity index (χ3v) is 6.57. The molecule has 2 aromatic carbocycles. The maximum absolute atomic E-state index is 13.2. The van der Waals surface area contributed by atoms with Gasteiger partial charge in [-0.15, -0.1) is 0 Å². The van der Waals surface area contributed by atoms with E-state index in [1.165, 1.54) is 0 Å². The summed E-state index contributed by atoms with van der Waals surface area (Å²) in [4.78, 5) is 27.0. The molecular formula is C25H28N4O2. The largest absolute Gasteiger partial charge is 0.495 e. The highest BCUT2D eigenvalue weighted by Gasteiger charge is 2.41. The van der Waals surface area contributed by atoms with Crippen molar-refractivity contribution < 1.29 is 9.53 Å². The zero-order valence-electron chi connectivity index (χ0n) is 18.3. The second kappa shape index (κ2) is 7.93. The average molecular weight is 417 g/mol. The molecule has 0 amide bonds. The zero-order chi connectivity index (χ0) is 21.5. The first-order valence-electron chi connectivity index (χ1n) is 10.9. The van der Waals surface area contributed by atoms with E-state index in [-0.39, 0.29) is 5.78 Å². The molecule has 160 valence electrons. The molecule has 2 atom stereocenters. The van der Waals surface area contributed by atoms with Gasteiger partial charge in [0.25, 0.3) is 0 Å². The average Bonchev–Trinajstić information content (AvgIpc) is 3.30. The van der Waals surface area contributed by atoms with Crippen LogP contribution in [0.25, 0.3) is 10.8 Å². The van der Waals surface area contributed by atoms with Gasteiger partial charge >= 0.3 is 0 Å². The molecule has 0 N–H and O–H groups in total. The molecule has 2 fully saturated rings. The number of rotatable bonds is 5. The van der Waals surface area contributed by atoms with Gasteiger partial charge < -0.3 is 9.64 Å². The van der Waals surface area contributed by atoms with Gasteiger partial charge in [-0.3, -0.25) is 9.69 Å². The number of methoxy groups -OCH3 is 1. The third kappa shape index (κ3) is 3.76. The lowest BCUT2D eigenvalue weighted by atomic mass is 10.0. The number of fused-ring (bicyclic) bond motifs is 2. The van der Waals surface area contributed by atoms with Crippen LogP contribution in [-0.4, -0.2) is 60.5 Å². The first-order chi connectivity index (χ1) is 15.0. The number of Topliss-reactive ketones (excluding diaryl/α,β-unsaturated/α-hetero) is 1. The van der Waals surface area contributed by atoms with Gasteiger partial charge in [0.15, 0.2) is 5.78 Å². The summed E-state index contributed by atoms with van der Waals surface area (Å²) in [6, 6.07) is 13.9. The van der Waals surface area contributed by atoms with Crippen molar-refractivity contribution in [2.75, 3.05) is 44.7 Å². The maximum Gasteiger partial charge on any atom is 0.225 e. The number of anilines is 1. The van der Waals surface area contributed by atoms with E-state index < -0.39 is 0 Å². The Bertz CT molecular complexity index is 1110. The van der Waals surface area contributed by atoms with E-state index in [2.05, 4.69) is 19.8 Å². The molecule has 0 radical (unpaired) electrons.